The Morgan fingerprint density at radius 3 is 2.40 bits per heavy atom. The SMILES string of the molecule is Nc1c(C#Cc2ccccc2)c2ccccc2oc1=O. The molecule has 3 aromatic rings. The van der Waals surface area contributed by atoms with Crippen molar-refractivity contribution in [3.05, 3.63) is 76.1 Å². The minimum Gasteiger partial charge on any atom is -0.421 e. The molecule has 0 aliphatic rings. The molecular weight excluding hydrogens is 250 g/mol. The van der Waals surface area contributed by atoms with Gasteiger partial charge in [-0.25, -0.2) is 4.79 Å². The van der Waals surface area contributed by atoms with Crippen LogP contribution >= 0.6 is 0 Å². The van der Waals surface area contributed by atoms with Gasteiger partial charge in [-0.2, -0.15) is 0 Å². The van der Waals surface area contributed by atoms with Crippen LogP contribution in [-0.4, -0.2) is 0 Å². The van der Waals surface area contributed by atoms with Gasteiger partial charge in [-0.05, 0) is 24.3 Å². The van der Waals surface area contributed by atoms with Crippen LogP contribution in [0.4, 0.5) is 5.69 Å². The summed E-state index contributed by atoms with van der Waals surface area (Å²) >= 11 is 0. The fraction of sp³-hybridized carbons (Fsp3) is 0. The number of hydrogen-bond donors (Lipinski definition) is 1. The van der Waals surface area contributed by atoms with Gasteiger partial charge in [0.2, 0.25) is 0 Å². The van der Waals surface area contributed by atoms with E-state index in [0.717, 1.165) is 10.9 Å². The highest BCUT2D eigenvalue weighted by atomic mass is 16.4. The Balaban J connectivity index is 2.24. The quantitative estimate of drug-likeness (QED) is 0.500. The normalized spacial score (nSPS) is 10.0. The van der Waals surface area contributed by atoms with E-state index in [0.29, 0.717) is 11.1 Å². The summed E-state index contributed by atoms with van der Waals surface area (Å²) in [6.07, 6.45) is 0. The summed E-state index contributed by atoms with van der Waals surface area (Å²) in [6.45, 7) is 0. The predicted octanol–water partition coefficient (Wildman–Crippen LogP) is 2.78. The van der Waals surface area contributed by atoms with Gasteiger partial charge in [-0.3, -0.25) is 0 Å². The van der Waals surface area contributed by atoms with Crippen molar-refractivity contribution < 1.29 is 4.42 Å². The van der Waals surface area contributed by atoms with Gasteiger partial charge in [0.1, 0.15) is 11.3 Å². The van der Waals surface area contributed by atoms with Crippen LogP contribution < -0.4 is 11.4 Å². The molecule has 0 saturated carbocycles. The standard InChI is InChI=1S/C17H11NO2/c18-16-14(11-10-12-6-2-1-3-7-12)13-8-4-5-9-15(13)20-17(16)19/h1-9H,18H2. The van der Waals surface area contributed by atoms with Crippen LogP contribution in [0.25, 0.3) is 11.0 Å². The van der Waals surface area contributed by atoms with E-state index in [1.807, 2.05) is 42.5 Å². The molecule has 0 amide bonds. The van der Waals surface area contributed by atoms with Crippen LogP contribution in [-0.2, 0) is 0 Å². The molecule has 3 heteroatoms. The van der Waals surface area contributed by atoms with Gasteiger partial charge in [0, 0.05) is 10.9 Å². The zero-order valence-electron chi connectivity index (χ0n) is 10.6. The highest BCUT2D eigenvalue weighted by Crippen LogP contribution is 2.20. The highest BCUT2D eigenvalue weighted by molar-refractivity contribution is 5.87. The van der Waals surface area contributed by atoms with Crippen molar-refractivity contribution in [2.75, 3.05) is 5.73 Å². The second-order valence-electron chi connectivity index (χ2n) is 4.29. The second-order valence-corrected chi connectivity index (χ2v) is 4.29. The maximum Gasteiger partial charge on any atom is 0.360 e. The van der Waals surface area contributed by atoms with Crippen LogP contribution in [0.1, 0.15) is 11.1 Å². The predicted molar refractivity (Wildman–Crippen MR) is 79.3 cm³/mol. The fourth-order valence-electron chi connectivity index (χ4n) is 1.95. The molecule has 0 fully saturated rings. The third-order valence-electron chi connectivity index (χ3n) is 2.95. The van der Waals surface area contributed by atoms with E-state index in [9.17, 15) is 4.79 Å². The van der Waals surface area contributed by atoms with E-state index >= 15 is 0 Å². The van der Waals surface area contributed by atoms with Crippen molar-refractivity contribution in [1.29, 1.82) is 0 Å². The first-order chi connectivity index (χ1) is 9.75. The van der Waals surface area contributed by atoms with Crippen LogP contribution in [0.5, 0.6) is 0 Å². The van der Waals surface area contributed by atoms with Gasteiger partial charge in [0.25, 0.3) is 0 Å². The topological polar surface area (TPSA) is 56.2 Å². The number of hydrogen-bond acceptors (Lipinski definition) is 3. The third-order valence-corrected chi connectivity index (χ3v) is 2.95. The average molecular weight is 261 g/mol. The summed E-state index contributed by atoms with van der Waals surface area (Å²) in [6, 6.07) is 16.8. The zero-order valence-corrected chi connectivity index (χ0v) is 10.6. The lowest BCUT2D eigenvalue weighted by Gasteiger charge is -2.02. The molecule has 96 valence electrons. The maximum absolute atomic E-state index is 11.7. The van der Waals surface area contributed by atoms with E-state index < -0.39 is 5.63 Å². The molecule has 0 aliphatic carbocycles. The van der Waals surface area contributed by atoms with Gasteiger partial charge in [-0.15, -0.1) is 0 Å². The molecule has 0 atom stereocenters. The van der Waals surface area contributed by atoms with Crippen LogP contribution in [0.2, 0.25) is 0 Å². The first-order valence-corrected chi connectivity index (χ1v) is 6.14. The van der Waals surface area contributed by atoms with Crippen molar-refractivity contribution in [1.82, 2.24) is 0 Å². The van der Waals surface area contributed by atoms with Crippen LogP contribution in [0.15, 0.2) is 63.8 Å². The van der Waals surface area contributed by atoms with E-state index in [-0.39, 0.29) is 5.69 Å². The van der Waals surface area contributed by atoms with Crippen molar-refractivity contribution in [3.63, 3.8) is 0 Å². The molecule has 1 heterocycles. The van der Waals surface area contributed by atoms with Crippen LogP contribution in [0.3, 0.4) is 0 Å². The monoisotopic (exact) mass is 261 g/mol. The third kappa shape index (κ3) is 2.15. The highest BCUT2D eigenvalue weighted by Gasteiger charge is 2.09. The number of anilines is 1. The molecule has 0 spiro atoms. The molecule has 0 radical (unpaired) electrons. The fourth-order valence-corrected chi connectivity index (χ4v) is 1.95. The molecule has 2 aromatic carbocycles. The zero-order chi connectivity index (χ0) is 13.9. The van der Waals surface area contributed by atoms with Gasteiger partial charge >= 0.3 is 5.63 Å². The average Bonchev–Trinajstić information content (AvgIpc) is 2.49. The Morgan fingerprint density at radius 1 is 0.900 bits per heavy atom. The summed E-state index contributed by atoms with van der Waals surface area (Å²) in [5.74, 6) is 5.99. The molecule has 1 aromatic heterocycles. The largest absolute Gasteiger partial charge is 0.421 e. The Morgan fingerprint density at radius 2 is 1.60 bits per heavy atom. The van der Waals surface area contributed by atoms with Crippen LogP contribution in [0, 0.1) is 11.8 Å². The molecular formula is C17H11NO2. The molecule has 2 N–H and O–H groups in total. The van der Waals surface area contributed by atoms with Crippen molar-refractivity contribution in [2.45, 2.75) is 0 Å². The Hall–Kier alpha value is -2.99. The van der Waals surface area contributed by atoms with Gasteiger partial charge in [0.05, 0.1) is 5.56 Å². The van der Waals surface area contributed by atoms with Crippen molar-refractivity contribution >= 4 is 16.7 Å². The lowest BCUT2D eigenvalue weighted by molar-refractivity contribution is 0.564. The minimum atomic E-state index is -0.555. The summed E-state index contributed by atoms with van der Waals surface area (Å²) < 4.78 is 5.14. The van der Waals surface area contributed by atoms with Gasteiger partial charge in [0.15, 0.2) is 0 Å². The van der Waals surface area contributed by atoms with E-state index in [1.54, 1.807) is 12.1 Å². The van der Waals surface area contributed by atoms with E-state index in [2.05, 4.69) is 11.8 Å². The molecule has 3 nitrogen and oxygen atoms in total. The number of fused-ring (bicyclic) bond motifs is 1. The molecule has 0 unspecified atom stereocenters. The molecule has 0 aliphatic heterocycles. The van der Waals surface area contributed by atoms with E-state index in [1.165, 1.54) is 0 Å². The van der Waals surface area contributed by atoms with Crippen molar-refractivity contribution in [2.24, 2.45) is 0 Å². The Kier molecular flexibility index (Phi) is 2.98. The minimum absolute atomic E-state index is 0.0483. The maximum atomic E-state index is 11.7. The summed E-state index contributed by atoms with van der Waals surface area (Å²) in [5, 5.41) is 0.744. The number of benzene rings is 2. The Labute approximate surface area is 115 Å². The molecule has 3 rings (SSSR count). The van der Waals surface area contributed by atoms with Gasteiger partial charge in [-0.1, -0.05) is 42.2 Å². The molecule has 0 bridgehead atoms. The van der Waals surface area contributed by atoms with Gasteiger partial charge < -0.3 is 10.2 Å². The Bertz CT molecular complexity index is 883. The smallest absolute Gasteiger partial charge is 0.360 e. The summed E-state index contributed by atoms with van der Waals surface area (Å²) in [5.41, 5.74) is 7.17. The van der Waals surface area contributed by atoms with Crippen molar-refractivity contribution in [3.8, 4) is 11.8 Å². The molecule has 20 heavy (non-hydrogen) atoms. The number of nitrogen functional groups attached to an aromatic ring is 1. The summed E-state index contributed by atoms with van der Waals surface area (Å²) in [4.78, 5) is 11.7. The number of para-hydroxylation sites is 1. The lowest BCUT2D eigenvalue weighted by Crippen LogP contribution is -2.09. The summed E-state index contributed by atoms with van der Waals surface area (Å²) in [7, 11) is 0. The van der Waals surface area contributed by atoms with E-state index in [4.69, 9.17) is 10.2 Å². The number of nitrogens with two attached hydrogens (primary N) is 1. The first kappa shape index (κ1) is 12.1. The second kappa shape index (κ2) is 4.94. The number of rotatable bonds is 0. The molecule has 0 saturated heterocycles. The lowest BCUT2D eigenvalue weighted by atomic mass is 10.1. The first-order valence-electron chi connectivity index (χ1n) is 6.14.